The topological polar surface area (TPSA) is 37.3 Å². The van der Waals surface area contributed by atoms with E-state index >= 15 is 0 Å². The van der Waals surface area contributed by atoms with E-state index in [1.807, 2.05) is 18.4 Å². The van der Waals surface area contributed by atoms with Crippen LogP contribution in [0.1, 0.15) is 22.8 Å². The Bertz CT molecular complexity index is 485. The van der Waals surface area contributed by atoms with Crippen LogP contribution in [-0.4, -0.2) is 11.4 Å². The van der Waals surface area contributed by atoms with Gasteiger partial charge in [-0.05, 0) is 34.9 Å². The van der Waals surface area contributed by atoms with Crippen LogP contribution in [-0.2, 0) is 6.42 Å². The van der Waals surface area contributed by atoms with Crippen molar-refractivity contribution in [3.8, 4) is 5.75 Å². The second-order valence-corrected chi connectivity index (χ2v) is 4.02. The molecular formula is C11H10O2S. The van der Waals surface area contributed by atoms with Crippen LogP contribution in [0.3, 0.4) is 0 Å². The summed E-state index contributed by atoms with van der Waals surface area (Å²) in [6, 6.07) is 3.67. The lowest BCUT2D eigenvalue weighted by atomic mass is 10.0. The van der Waals surface area contributed by atoms with Crippen molar-refractivity contribution in [3.05, 3.63) is 28.6 Å². The average Bonchev–Trinajstić information content (AvgIpc) is 2.65. The number of benzene rings is 1. The molecule has 14 heavy (non-hydrogen) atoms. The molecule has 1 aromatic heterocycles. The Hall–Kier alpha value is -1.35. The second kappa shape index (κ2) is 3.42. The van der Waals surface area contributed by atoms with E-state index in [0.717, 1.165) is 22.1 Å². The molecule has 3 heteroatoms. The first-order valence-corrected chi connectivity index (χ1v) is 5.33. The van der Waals surface area contributed by atoms with Crippen molar-refractivity contribution in [3.63, 3.8) is 0 Å². The molecule has 72 valence electrons. The molecule has 0 saturated carbocycles. The maximum absolute atomic E-state index is 10.8. The minimum absolute atomic E-state index is 0.0896. The van der Waals surface area contributed by atoms with Gasteiger partial charge in [-0.1, -0.05) is 6.92 Å². The number of carbonyl (C=O) groups is 1. The van der Waals surface area contributed by atoms with Crippen molar-refractivity contribution in [1.82, 2.24) is 0 Å². The third-order valence-corrected chi connectivity index (χ3v) is 3.29. The molecule has 0 spiro atoms. The molecule has 0 amide bonds. The number of hydrogen-bond donors (Lipinski definition) is 1. The van der Waals surface area contributed by atoms with E-state index < -0.39 is 0 Å². The molecule has 0 aliphatic heterocycles. The Morgan fingerprint density at radius 3 is 3.00 bits per heavy atom. The summed E-state index contributed by atoms with van der Waals surface area (Å²) in [4.78, 5) is 10.8. The number of hydrogen-bond acceptors (Lipinski definition) is 3. The minimum Gasteiger partial charge on any atom is -0.507 e. The third kappa shape index (κ3) is 1.21. The number of rotatable bonds is 2. The molecule has 0 aliphatic carbocycles. The van der Waals surface area contributed by atoms with Gasteiger partial charge >= 0.3 is 0 Å². The molecular weight excluding hydrogens is 196 g/mol. The van der Waals surface area contributed by atoms with E-state index in [0.29, 0.717) is 11.8 Å². The Morgan fingerprint density at radius 2 is 2.36 bits per heavy atom. The number of carbonyl (C=O) groups excluding carboxylic acids is 1. The van der Waals surface area contributed by atoms with Crippen molar-refractivity contribution in [2.45, 2.75) is 13.3 Å². The summed E-state index contributed by atoms with van der Waals surface area (Å²) in [5.74, 6) is 0.0896. The third-order valence-electron chi connectivity index (χ3n) is 2.34. The molecule has 0 saturated heterocycles. The predicted molar refractivity (Wildman–Crippen MR) is 58.3 cm³/mol. The smallest absolute Gasteiger partial charge is 0.155 e. The number of phenolic OH excluding ortho intramolecular Hbond substituents is 1. The lowest BCUT2D eigenvalue weighted by Gasteiger charge is -2.04. The highest BCUT2D eigenvalue weighted by Crippen LogP contribution is 2.33. The molecule has 0 unspecified atom stereocenters. The lowest BCUT2D eigenvalue weighted by Crippen LogP contribution is -1.87. The monoisotopic (exact) mass is 206 g/mol. The minimum atomic E-state index is 0.0896. The van der Waals surface area contributed by atoms with Crippen molar-refractivity contribution in [2.75, 3.05) is 0 Å². The van der Waals surface area contributed by atoms with Gasteiger partial charge in [0, 0.05) is 4.70 Å². The Balaban J connectivity index is 2.88. The highest BCUT2D eigenvalue weighted by atomic mass is 32.1. The van der Waals surface area contributed by atoms with E-state index in [1.165, 1.54) is 11.3 Å². The Morgan fingerprint density at radius 1 is 1.57 bits per heavy atom. The first-order valence-electron chi connectivity index (χ1n) is 4.45. The van der Waals surface area contributed by atoms with Crippen LogP contribution >= 0.6 is 11.3 Å². The zero-order valence-corrected chi connectivity index (χ0v) is 8.60. The average molecular weight is 206 g/mol. The fraction of sp³-hybridized carbons (Fsp3) is 0.182. The summed E-state index contributed by atoms with van der Waals surface area (Å²) < 4.78 is 0.886. The molecule has 0 atom stereocenters. The van der Waals surface area contributed by atoms with Gasteiger partial charge in [-0.15, -0.1) is 11.3 Å². The van der Waals surface area contributed by atoms with Crippen LogP contribution < -0.4 is 0 Å². The highest BCUT2D eigenvalue weighted by Gasteiger charge is 2.10. The van der Waals surface area contributed by atoms with Crippen LogP contribution in [0, 0.1) is 0 Å². The van der Waals surface area contributed by atoms with Crippen molar-refractivity contribution in [1.29, 1.82) is 0 Å². The van der Waals surface area contributed by atoms with Gasteiger partial charge < -0.3 is 5.11 Å². The number of aromatic hydroxyl groups is 1. The van der Waals surface area contributed by atoms with E-state index in [9.17, 15) is 9.90 Å². The summed E-state index contributed by atoms with van der Waals surface area (Å²) in [6.45, 7) is 2.03. The fourth-order valence-electron chi connectivity index (χ4n) is 1.61. The maximum Gasteiger partial charge on any atom is 0.155 e. The molecule has 0 aliphatic rings. The van der Waals surface area contributed by atoms with Gasteiger partial charge in [-0.2, -0.15) is 0 Å². The zero-order chi connectivity index (χ0) is 10.1. The molecule has 1 N–H and O–H groups in total. The zero-order valence-electron chi connectivity index (χ0n) is 7.78. The summed E-state index contributed by atoms with van der Waals surface area (Å²) in [5.41, 5.74) is 1.50. The molecule has 2 nitrogen and oxygen atoms in total. The van der Waals surface area contributed by atoms with Gasteiger partial charge in [0.2, 0.25) is 0 Å². The van der Waals surface area contributed by atoms with E-state index in [4.69, 9.17) is 0 Å². The van der Waals surface area contributed by atoms with Gasteiger partial charge in [0.05, 0.1) is 5.56 Å². The van der Waals surface area contributed by atoms with E-state index in [1.54, 1.807) is 6.07 Å². The second-order valence-electron chi connectivity index (χ2n) is 3.10. The standard InChI is InChI=1S/C11H10O2S/c1-2-7-5-10(13)9(6-12)11-8(7)3-4-14-11/h3-6,13H,2H2,1H3. The number of aldehydes is 1. The lowest BCUT2D eigenvalue weighted by molar-refractivity contribution is 0.112. The van der Waals surface area contributed by atoms with E-state index in [-0.39, 0.29) is 5.75 Å². The van der Waals surface area contributed by atoms with Crippen LogP contribution in [0.5, 0.6) is 5.75 Å². The SMILES string of the molecule is CCc1cc(O)c(C=O)c2sccc12. The summed E-state index contributed by atoms with van der Waals surface area (Å²) in [5, 5.41) is 12.6. The van der Waals surface area contributed by atoms with Crippen LogP contribution in [0.4, 0.5) is 0 Å². The van der Waals surface area contributed by atoms with E-state index in [2.05, 4.69) is 0 Å². The summed E-state index contributed by atoms with van der Waals surface area (Å²) in [7, 11) is 0. The Kier molecular flexibility index (Phi) is 2.25. The molecule has 2 aromatic rings. The van der Waals surface area contributed by atoms with Crippen molar-refractivity contribution < 1.29 is 9.90 Å². The quantitative estimate of drug-likeness (QED) is 0.767. The summed E-state index contributed by atoms with van der Waals surface area (Å²) in [6.07, 6.45) is 1.58. The van der Waals surface area contributed by atoms with Crippen LogP contribution in [0.25, 0.3) is 10.1 Å². The number of fused-ring (bicyclic) bond motifs is 1. The molecule has 0 bridgehead atoms. The largest absolute Gasteiger partial charge is 0.507 e. The van der Waals surface area contributed by atoms with Gasteiger partial charge in [0.1, 0.15) is 5.75 Å². The highest BCUT2D eigenvalue weighted by molar-refractivity contribution is 7.17. The molecule has 2 rings (SSSR count). The van der Waals surface area contributed by atoms with Gasteiger partial charge in [-0.3, -0.25) is 4.79 Å². The number of thiophene rings is 1. The molecule has 1 aromatic carbocycles. The normalized spacial score (nSPS) is 10.6. The van der Waals surface area contributed by atoms with Gasteiger partial charge in [0.25, 0.3) is 0 Å². The van der Waals surface area contributed by atoms with Gasteiger partial charge in [-0.25, -0.2) is 0 Å². The summed E-state index contributed by atoms with van der Waals surface area (Å²) >= 11 is 1.49. The van der Waals surface area contributed by atoms with Crippen molar-refractivity contribution in [2.24, 2.45) is 0 Å². The van der Waals surface area contributed by atoms with Crippen LogP contribution in [0.2, 0.25) is 0 Å². The molecule has 1 heterocycles. The van der Waals surface area contributed by atoms with Crippen molar-refractivity contribution >= 4 is 27.7 Å². The number of aryl methyl sites for hydroxylation is 1. The van der Waals surface area contributed by atoms with Gasteiger partial charge in [0.15, 0.2) is 6.29 Å². The first kappa shape index (κ1) is 9.21. The van der Waals surface area contributed by atoms with Crippen LogP contribution in [0.15, 0.2) is 17.5 Å². The molecule has 0 radical (unpaired) electrons. The molecule has 0 fully saturated rings. The first-order chi connectivity index (χ1) is 6.77. The predicted octanol–water partition coefficient (Wildman–Crippen LogP) is 2.98. The fourth-order valence-corrected chi connectivity index (χ4v) is 2.56. The number of phenols is 1. The Labute approximate surface area is 85.8 Å². The maximum atomic E-state index is 10.8.